The molecule has 0 radical (unpaired) electrons. The van der Waals surface area contributed by atoms with Crippen molar-refractivity contribution in [3.63, 3.8) is 0 Å². The van der Waals surface area contributed by atoms with Gasteiger partial charge in [-0.1, -0.05) is 12.2 Å². The molecule has 0 bridgehead atoms. The maximum atomic E-state index is 7.87. The third-order valence-electron chi connectivity index (χ3n) is 3.91. The first-order chi connectivity index (χ1) is 11.4. The van der Waals surface area contributed by atoms with Gasteiger partial charge in [-0.2, -0.15) is 0 Å². The molecule has 0 atom stereocenters. The van der Waals surface area contributed by atoms with Crippen LogP contribution in [0.2, 0.25) is 5.02 Å². The Hall–Kier alpha value is 0.763. The van der Waals surface area contributed by atoms with Crippen LogP contribution >= 0.6 is 17.9 Å². The average Bonchev–Trinajstić information content (AvgIpc) is 2.52. The van der Waals surface area contributed by atoms with Gasteiger partial charge in [0.25, 0.3) is 0 Å². The number of thiol groups is 1. The molecule has 1 rings (SSSR count). The van der Waals surface area contributed by atoms with Crippen LogP contribution in [0.3, 0.4) is 0 Å². The van der Waals surface area contributed by atoms with Crippen LogP contribution in [0, 0.1) is 0 Å². The van der Waals surface area contributed by atoms with E-state index < -0.39 is 22.8 Å². The van der Waals surface area contributed by atoms with Crippen molar-refractivity contribution in [2.24, 2.45) is 0 Å². The summed E-state index contributed by atoms with van der Waals surface area (Å²) >= 11 is 6.68. The second-order valence-electron chi connectivity index (χ2n) is 6.28. The van der Waals surface area contributed by atoms with Gasteiger partial charge in [-0.05, 0) is 11.8 Å². The molecule has 0 heterocycles. The topological polar surface area (TPSA) is 40.5 Å². The van der Waals surface area contributed by atoms with Crippen molar-refractivity contribution in [1.29, 1.82) is 0 Å². The Labute approximate surface area is 166 Å². The molecule has 1 aromatic carbocycles. The van der Waals surface area contributed by atoms with Crippen LogP contribution in [0.25, 0.3) is 0 Å². The van der Waals surface area contributed by atoms with E-state index in [0.717, 1.165) is 0 Å². The molecule has 0 spiro atoms. The molecule has 0 aromatic heterocycles. The zero-order valence-electron chi connectivity index (χ0n) is 15.1. The standard InChI is InChI=1S/C12H25.C6H5.H3O2PS2.Zn/c1-3-5-7-9-11-12-10-8-6-4-2;1-2-4-6-5-3-1;1-3(2,4)5;/h1,3-12H2,2H3;1-5H;(H3,1,2,4,5);. The Morgan fingerprint density at radius 3 is 1.75 bits per heavy atom. The molecule has 0 aliphatic rings. The molecular weight excluding hydrogens is 409 g/mol. The van der Waals surface area contributed by atoms with E-state index in [-0.39, 0.29) is 0 Å². The van der Waals surface area contributed by atoms with E-state index in [1.807, 2.05) is 0 Å². The molecule has 24 heavy (non-hydrogen) atoms. The summed E-state index contributed by atoms with van der Waals surface area (Å²) in [6.45, 7) is 2.29. The fraction of sp³-hybridized carbons (Fsp3) is 0.667. The first kappa shape index (κ1) is 24.8. The fourth-order valence-electron chi connectivity index (χ4n) is 2.64. The third kappa shape index (κ3) is 22.8. The summed E-state index contributed by atoms with van der Waals surface area (Å²) in [5.74, 6) is 0. The first-order valence-electron chi connectivity index (χ1n) is 9.25. The van der Waals surface area contributed by atoms with Crippen molar-refractivity contribution in [3.8, 4) is 0 Å². The molecule has 1 aromatic rings. The minimum absolute atomic E-state index is 0.394. The number of rotatable bonds is 12. The van der Waals surface area contributed by atoms with Gasteiger partial charge in [-0.25, -0.2) is 0 Å². The number of hydrogen-bond acceptors (Lipinski definition) is 1. The van der Waals surface area contributed by atoms with E-state index in [1.165, 1.54) is 64.2 Å². The minimum atomic E-state index is -3.11. The van der Waals surface area contributed by atoms with E-state index in [2.05, 4.69) is 61.3 Å². The van der Waals surface area contributed by atoms with Crippen molar-refractivity contribution in [3.05, 3.63) is 30.3 Å². The van der Waals surface area contributed by atoms with Crippen molar-refractivity contribution in [2.75, 3.05) is 0 Å². The molecule has 0 amide bonds. The maximum absolute atomic E-state index is 7.87. The largest absolute Gasteiger partial charge is 0.338 e. The first-order valence-corrected chi connectivity index (χ1v) is 16.7. The van der Waals surface area contributed by atoms with Gasteiger partial charge < -0.3 is 9.79 Å². The predicted molar refractivity (Wildman–Crippen MR) is 110 cm³/mol. The maximum Gasteiger partial charge on any atom is 0.239 e. The van der Waals surface area contributed by atoms with Crippen LogP contribution < -0.4 is 4.16 Å². The molecular formula is C18H33O2PS2Zn. The summed E-state index contributed by atoms with van der Waals surface area (Å²) < 4.78 is 1.69. The van der Waals surface area contributed by atoms with E-state index >= 15 is 0 Å². The molecule has 2 nitrogen and oxygen atoms in total. The molecule has 0 aliphatic heterocycles. The smallest absolute Gasteiger partial charge is 0.239 e. The van der Waals surface area contributed by atoms with Gasteiger partial charge in [-0.3, -0.25) is 0 Å². The van der Waals surface area contributed by atoms with Gasteiger partial charge in [-0.15, -0.1) is 0 Å². The molecule has 0 saturated heterocycles. The number of unbranched alkanes of at least 4 members (excludes halogenated alkanes) is 9. The van der Waals surface area contributed by atoms with Crippen molar-refractivity contribution < 1.29 is 26.9 Å². The van der Waals surface area contributed by atoms with Crippen molar-refractivity contribution >= 4 is 33.9 Å². The third-order valence-corrected chi connectivity index (χ3v) is 7.90. The summed E-state index contributed by atoms with van der Waals surface area (Å²) in [6.07, 6.45) is 14.6. The Morgan fingerprint density at radius 2 is 1.29 bits per heavy atom. The SMILES string of the molecule is CCCCCCCCCCC[CH2][Zn][c]1ccccc1.OP(O)(=S)S. The van der Waals surface area contributed by atoms with E-state index in [9.17, 15) is 0 Å². The number of hydrogen-bond donors (Lipinski definition) is 3. The quantitative estimate of drug-likeness (QED) is 0.165. The predicted octanol–water partition coefficient (Wildman–Crippen LogP) is 5.86. The monoisotopic (exact) mass is 440 g/mol. The zero-order chi connectivity index (χ0) is 18.1. The Morgan fingerprint density at radius 1 is 0.875 bits per heavy atom. The number of benzene rings is 1. The van der Waals surface area contributed by atoms with Crippen LogP contribution in [0.4, 0.5) is 0 Å². The zero-order valence-corrected chi connectivity index (χ0v) is 20.6. The van der Waals surface area contributed by atoms with Crippen LogP contribution in [0.5, 0.6) is 0 Å². The average molecular weight is 442 g/mol. The Kier molecular flexibility index (Phi) is 17.7. The second-order valence-corrected chi connectivity index (χ2v) is 15.6. The van der Waals surface area contributed by atoms with Crippen LogP contribution in [-0.2, 0) is 28.9 Å². The van der Waals surface area contributed by atoms with Gasteiger partial charge in [0.2, 0.25) is 5.69 Å². The van der Waals surface area contributed by atoms with Crippen molar-refractivity contribution in [2.45, 2.75) is 76.1 Å². The molecule has 0 unspecified atom stereocenters. The van der Waals surface area contributed by atoms with Gasteiger partial charge in [0, 0.05) is 0 Å². The van der Waals surface area contributed by atoms with Crippen LogP contribution in [0.15, 0.2) is 30.3 Å². The van der Waals surface area contributed by atoms with Gasteiger partial charge >= 0.3 is 128 Å². The summed E-state index contributed by atoms with van der Waals surface area (Å²) in [4.78, 5) is 15.7. The molecule has 136 valence electrons. The normalized spacial score (nSPS) is 10.7. The summed E-state index contributed by atoms with van der Waals surface area (Å²) in [5.41, 5.74) is -3.11. The van der Waals surface area contributed by atoms with Gasteiger partial charge in [0.05, 0.1) is 0 Å². The van der Waals surface area contributed by atoms with Gasteiger partial charge in [0.15, 0.2) is 0 Å². The Balaban J connectivity index is 0.000000922. The van der Waals surface area contributed by atoms with Crippen molar-refractivity contribution in [1.82, 2.24) is 0 Å². The Bertz CT molecular complexity index is 418. The van der Waals surface area contributed by atoms with Crippen LogP contribution in [-0.4, -0.2) is 9.79 Å². The molecule has 2 N–H and O–H groups in total. The van der Waals surface area contributed by atoms with E-state index in [1.54, 1.807) is 9.17 Å². The summed E-state index contributed by atoms with van der Waals surface area (Å²) in [6, 6.07) is 11.2. The molecule has 6 heteroatoms. The van der Waals surface area contributed by atoms with Crippen LogP contribution in [0.1, 0.15) is 71.1 Å². The van der Waals surface area contributed by atoms with Gasteiger partial charge in [0.1, 0.15) is 0 Å². The molecule has 0 fully saturated rings. The second kappa shape index (κ2) is 17.2. The minimum Gasteiger partial charge on any atom is -0.338 e. The van der Waals surface area contributed by atoms with E-state index in [0.29, 0.717) is 0 Å². The molecule has 0 saturated carbocycles. The van der Waals surface area contributed by atoms with E-state index in [4.69, 9.17) is 9.79 Å². The molecule has 0 aliphatic carbocycles. The summed E-state index contributed by atoms with van der Waals surface area (Å²) in [5, 5.41) is 1.55. The fourth-order valence-corrected chi connectivity index (χ4v) is 6.03. The summed E-state index contributed by atoms with van der Waals surface area (Å²) in [7, 11) is 0.